The van der Waals surface area contributed by atoms with Gasteiger partial charge in [-0.25, -0.2) is 0 Å². The predicted octanol–water partition coefficient (Wildman–Crippen LogP) is 3.60. The Hall–Kier alpha value is -0.640. The van der Waals surface area contributed by atoms with Gasteiger partial charge >= 0.3 is 0 Å². The first-order valence-electron chi connectivity index (χ1n) is 5.29. The van der Waals surface area contributed by atoms with Crippen LogP contribution in [0.1, 0.15) is 16.0 Å². The SMILES string of the molecule is NCCc1cccc(Cc2cc(Br)cs2)c1. The van der Waals surface area contributed by atoms with E-state index in [2.05, 4.69) is 51.6 Å². The number of halogens is 1. The second-order valence-electron chi connectivity index (χ2n) is 3.77. The zero-order valence-electron chi connectivity index (χ0n) is 8.95. The smallest absolute Gasteiger partial charge is 0.0285 e. The molecular formula is C13H14BrNS. The summed E-state index contributed by atoms with van der Waals surface area (Å²) in [6.07, 6.45) is 1.97. The van der Waals surface area contributed by atoms with Crippen molar-refractivity contribution in [2.45, 2.75) is 12.8 Å². The molecule has 0 saturated carbocycles. The molecule has 2 N–H and O–H groups in total. The molecule has 84 valence electrons. The summed E-state index contributed by atoms with van der Waals surface area (Å²) < 4.78 is 1.17. The van der Waals surface area contributed by atoms with Gasteiger partial charge in [0.05, 0.1) is 0 Å². The number of hydrogen-bond acceptors (Lipinski definition) is 2. The fourth-order valence-electron chi connectivity index (χ4n) is 1.71. The quantitative estimate of drug-likeness (QED) is 0.916. The minimum atomic E-state index is 0.716. The van der Waals surface area contributed by atoms with Gasteiger partial charge in [0, 0.05) is 21.2 Å². The van der Waals surface area contributed by atoms with Crippen LogP contribution in [-0.4, -0.2) is 6.54 Å². The Kier molecular flexibility index (Phi) is 4.16. The fourth-order valence-corrected chi connectivity index (χ4v) is 3.19. The largest absolute Gasteiger partial charge is 0.330 e. The Bertz CT molecular complexity index is 464. The van der Waals surface area contributed by atoms with Crippen molar-refractivity contribution < 1.29 is 0 Å². The molecule has 3 heteroatoms. The van der Waals surface area contributed by atoms with Gasteiger partial charge in [0.25, 0.3) is 0 Å². The van der Waals surface area contributed by atoms with Gasteiger partial charge in [-0.1, -0.05) is 24.3 Å². The first kappa shape index (κ1) is 11.8. The third-order valence-electron chi connectivity index (χ3n) is 2.42. The lowest BCUT2D eigenvalue weighted by Gasteiger charge is -2.03. The van der Waals surface area contributed by atoms with Gasteiger partial charge in [0.15, 0.2) is 0 Å². The van der Waals surface area contributed by atoms with E-state index >= 15 is 0 Å². The Morgan fingerprint density at radius 1 is 1.19 bits per heavy atom. The summed E-state index contributed by atoms with van der Waals surface area (Å²) in [5, 5.41) is 2.12. The average Bonchev–Trinajstić information content (AvgIpc) is 2.65. The number of rotatable bonds is 4. The highest BCUT2D eigenvalue weighted by Crippen LogP contribution is 2.22. The molecule has 0 aliphatic rings. The van der Waals surface area contributed by atoms with Crippen LogP contribution >= 0.6 is 27.3 Å². The first-order valence-corrected chi connectivity index (χ1v) is 6.96. The van der Waals surface area contributed by atoms with Gasteiger partial charge in [-0.05, 0) is 46.1 Å². The highest BCUT2D eigenvalue weighted by atomic mass is 79.9. The molecule has 0 atom stereocenters. The highest BCUT2D eigenvalue weighted by Gasteiger charge is 2.00. The summed E-state index contributed by atoms with van der Waals surface area (Å²) in [6.45, 7) is 0.716. The maximum absolute atomic E-state index is 5.56. The minimum Gasteiger partial charge on any atom is -0.330 e. The van der Waals surface area contributed by atoms with Crippen molar-refractivity contribution in [2.24, 2.45) is 5.73 Å². The minimum absolute atomic E-state index is 0.716. The van der Waals surface area contributed by atoms with Crippen LogP contribution in [0.15, 0.2) is 40.2 Å². The van der Waals surface area contributed by atoms with Crippen LogP contribution in [0.2, 0.25) is 0 Å². The van der Waals surface area contributed by atoms with Crippen LogP contribution in [0.25, 0.3) is 0 Å². The summed E-state index contributed by atoms with van der Waals surface area (Å²) in [5.41, 5.74) is 8.25. The van der Waals surface area contributed by atoms with E-state index in [4.69, 9.17) is 5.73 Å². The third-order valence-corrected chi connectivity index (χ3v) is 4.12. The van der Waals surface area contributed by atoms with Crippen LogP contribution in [0, 0.1) is 0 Å². The first-order chi connectivity index (χ1) is 7.78. The van der Waals surface area contributed by atoms with Crippen molar-refractivity contribution in [1.82, 2.24) is 0 Å². The third kappa shape index (κ3) is 3.17. The van der Waals surface area contributed by atoms with E-state index < -0.39 is 0 Å². The van der Waals surface area contributed by atoms with Crippen LogP contribution in [0.4, 0.5) is 0 Å². The molecule has 0 fully saturated rings. The molecule has 0 spiro atoms. The Balaban J connectivity index is 2.12. The average molecular weight is 296 g/mol. The number of thiophene rings is 1. The zero-order chi connectivity index (χ0) is 11.4. The van der Waals surface area contributed by atoms with Crippen LogP contribution in [0.3, 0.4) is 0 Å². The van der Waals surface area contributed by atoms with Crippen LogP contribution < -0.4 is 5.73 Å². The maximum atomic E-state index is 5.56. The van der Waals surface area contributed by atoms with Gasteiger partial charge in [-0.2, -0.15) is 0 Å². The van der Waals surface area contributed by atoms with Crippen molar-refractivity contribution in [3.63, 3.8) is 0 Å². The van der Waals surface area contributed by atoms with E-state index in [-0.39, 0.29) is 0 Å². The summed E-state index contributed by atoms with van der Waals surface area (Å²) in [6, 6.07) is 10.9. The van der Waals surface area contributed by atoms with Crippen molar-refractivity contribution in [1.29, 1.82) is 0 Å². The molecule has 0 amide bonds. The lowest BCUT2D eigenvalue weighted by molar-refractivity contribution is 0.964. The molecule has 0 aliphatic carbocycles. The van der Waals surface area contributed by atoms with E-state index in [1.165, 1.54) is 20.5 Å². The highest BCUT2D eigenvalue weighted by molar-refractivity contribution is 9.10. The molecule has 2 rings (SSSR count). The summed E-state index contributed by atoms with van der Waals surface area (Å²) in [7, 11) is 0. The normalized spacial score (nSPS) is 10.6. The molecule has 0 bridgehead atoms. The zero-order valence-corrected chi connectivity index (χ0v) is 11.4. The molecule has 1 nitrogen and oxygen atoms in total. The van der Waals surface area contributed by atoms with Gasteiger partial charge in [-0.3, -0.25) is 0 Å². The van der Waals surface area contributed by atoms with E-state index in [0.29, 0.717) is 6.54 Å². The van der Waals surface area contributed by atoms with Crippen molar-refractivity contribution in [2.75, 3.05) is 6.54 Å². The van der Waals surface area contributed by atoms with Crippen molar-refractivity contribution in [3.8, 4) is 0 Å². The second-order valence-corrected chi connectivity index (χ2v) is 5.68. The summed E-state index contributed by atoms with van der Waals surface area (Å²) >= 11 is 5.27. The predicted molar refractivity (Wildman–Crippen MR) is 74.0 cm³/mol. The molecule has 2 aromatic rings. The Labute approximate surface area is 108 Å². The molecule has 0 aliphatic heterocycles. The monoisotopic (exact) mass is 295 g/mol. The molecule has 0 saturated heterocycles. The molecular weight excluding hydrogens is 282 g/mol. The topological polar surface area (TPSA) is 26.0 Å². The Morgan fingerprint density at radius 3 is 2.69 bits per heavy atom. The molecule has 0 radical (unpaired) electrons. The Morgan fingerprint density at radius 2 is 2.00 bits per heavy atom. The van der Waals surface area contributed by atoms with Gasteiger partial charge < -0.3 is 5.73 Å². The lowest BCUT2D eigenvalue weighted by atomic mass is 10.1. The van der Waals surface area contributed by atoms with Gasteiger partial charge in [0.1, 0.15) is 0 Å². The van der Waals surface area contributed by atoms with Gasteiger partial charge in [0.2, 0.25) is 0 Å². The van der Waals surface area contributed by atoms with Crippen LogP contribution in [0.5, 0.6) is 0 Å². The number of hydrogen-bond donors (Lipinski definition) is 1. The molecule has 16 heavy (non-hydrogen) atoms. The summed E-state index contributed by atoms with van der Waals surface area (Å²) in [4.78, 5) is 1.39. The van der Waals surface area contributed by atoms with E-state index in [1.54, 1.807) is 11.3 Å². The van der Waals surface area contributed by atoms with E-state index in [0.717, 1.165) is 12.8 Å². The van der Waals surface area contributed by atoms with E-state index in [1.807, 2.05) is 0 Å². The molecule has 1 heterocycles. The molecule has 1 aromatic carbocycles. The van der Waals surface area contributed by atoms with Gasteiger partial charge in [-0.15, -0.1) is 11.3 Å². The second kappa shape index (κ2) is 5.62. The fraction of sp³-hybridized carbons (Fsp3) is 0.231. The van der Waals surface area contributed by atoms with Crippen LogP contribution in [-0.2, 0) is 12.8 Å². The molecule has 0 unspecified atom stereocenters. The summed E-state index contributed by atoms with van der Waals surface area (Å²) in [5.74, 6) is 0. The maximum Gasteiger partial charge on any atom is 0.0285 e. The van der Waals surface area contributed by atoms with E-state index in [9.17, 15) is 0 Å². The number of nitrogens with two attached hydrogens (primary N) is 1. The lowest BCUT2D eigenvalue weighted by Crippen LogP contribution is -2.02. The standard InChI is InChI=1S/C13H14BrNS/c14-12-8-13(16-9-12)7-11-3-1-2-10(6-11)4-5-15/h1-3,6,8-9H,4-5,7,15H2. The molecule has 1 aromatic heterocycles. The number of benzene rings is 1. The van der Waals surface area contributed by atoms with Crippen molar-refractivity contribution >= 4 is 27.3 Å². The van der Waals surface area contributed by atoms with Crippen molar-refractivity contribution in [3.05, 3.63) is 56.2 Å².